The zero-order valence-corrected chi connectivity index (χ0v) is 19.3. The van der Waals surface area contributed by atoms with Gasteiger partial charge < -0.3 is 23.9 Å². The molecule has 3 heterocycles. The minimum absolute atomic E-state index is 0.00175. The maximum Gasteiger partial charge on any atom is 0.302 e. The molecule has 5 rings (SSSR count). The van der Waals surface area contributed by atoms with Gasteiger partial charge in [0.1, 0.15) is 18.0 Å². The molecule has 0 fully saturated rings. The van der Waals surface area contributed by atoms with Crippen molar-refractivity contribution in [3.8, 4) is 11.5 Å². The smallest absolute Gasteiger partial charge is 0.302 e. The van der Waals surface area contributed by atoms with Crippen molar-refractivity contribution in [1.82, 2.24) is 4.98 Å². The number of carbonyl (C=O) groups excluding carboxylic acids is 2. The van der Waals surface area contributed by atoms with Gasteiger partial charge in [-0.1, -0.05) is 0 Å². The molecule has 36 heavy (non-hydrogen) atoms. The second-order valence-electron chi connectivity index (χ2n) is 7.97. The molecule has 0 bridgehead atoms. The number of fused-ring (bicyclic) bond motifs is 2. The summed E-state index contributed by atoms with van der Waals surface area (Å²) < 4.78 is 35.3. The lowest BCUT2D eigenvalue weighted by molar-refractivity contribution is -0.142. The second kappa shape index (κ2) is 9.49. The number of aryl methyl sites for hydroxylation is 1. The van der Waals surface area contributed by atoms with E-state index in [0.29, 0.717) is 45.1 Å². The first-order chi connectivity index (χ1) is 17.4. The van der Waals surface area contributed by atoms with Gasteiger partial charge in [-0.15, -0.1) is 0 Å². The molecule has 1 amide bonds. The summed E-state index contributed by atoms with van der Waals surface area (Å²) in [5.74, 6) is -0.283. The Morgan fingerprint density at radius 3 is 2.67 bits per heavy atom. The van der Waals surface area contributed by atoms with Crippen molar-refractivity contribution in [2.45, 2.75) is 20.5 Å². The van der Waals surface area contributed by atoms with Crippen molar-refractivity contribution in [2.24, 2.45) is 4.99 Å². The molecule has 10 heteroatoms. The summed E-state index contributed by atoms with van der Waals surface area (Å²) in [7, 11) is 0. The number of benzene rings is 2. The summed E-state index contributed by atoms with van der Waals surface area (Å²) in [5.41, 5.74) is 2.46. The van der Waals surface area contributed by atoms with Crippen molar-refractivity contribution in [2.75, 3.05) is 12.1 Å². The largest absolute Gasteiger partial charge is 0.461 e. The first kappa shape index (κ1) is 23.0. The van der Waals surface area contributed by atoms with E-state index in [9.17, 15) is 14.0 Å². The van der Waals surface area contributed by atoms with Crippen LogP contribution in [0.25, 0.3) is 11.0 Å². The van der Waals surface area contributed by atoms with Crippen molar-refractivity contribution < 1.29 is 32.6 Å². The van der Waals surface area contributed by atoms with Crippen molar-refractivity contribution in [3.05, 3.63) is 82.9 Å². The molecule has 0 atom stereocenters. The van der Waals surface area contributed by atoms with E-state index in [2.05, 4.69) is 15.3 Å². The van der Waals surface area contributed by atoms with Crippen LogP contribution in [-0.4, -0.2) is 23.7 Å². The average Bonchev–Trinajstić information content (AvgIpc) is 3.33. The van der Waals surface area contributed by atoms with E-state index in [1.807, 2.05) is 0 Å². The summed E-state index contributed by atoms with van der Waals surface area (Å²) in [4.78, 5) is 33.6. The van der Waals surface area contributed by atoms with Crippen LogP contribution in [0.15, 0.2) is 64.1 Å². The van der Waals surface area contributed by atoms with Gasteiger partial charge in [0, 0.05) is 35.8 Å². The standard InChI is InChI=1S/C26H20FN3O6/c1-14-24-20(16(11-28-14)12-33-15(2)31)10-21(26(36-24)30-18-5-3-17(27)4-6-18)25(32)29-19-7-8-22-23(9-19)35-13-34-22/h3-11H,12-13H2,1-2H3,(H,29,32). The Kier molecular flexibility index (Phi) is 6.07. The molecular weight excluding hydrogens is 469 g/mol. The highest BCUT2D eigenvalue weighted by Gasteiger charge is 2.19. The number of ether oxygens (including phenoxy) is 3. The summed E-state index contributed by atoms with van der Waals surface area (Å²) in [6.45, 7) is 3.11. The maximum atomic E-state index is 13.4. The Morgan fingerprint density at radius 2 is 1.89 bits per heavy atom. The lowest BCUT2D eigenvalue weighted by Crippen LogP contribution is -2.22. The number of hydrogen-bond donors (Lipinski definition) is 1. The molecule has 0 spiro atoms. The molecule has 0 saturated heterocycles. The van der Waals surface area contributed by atoms with Gasteiger partial charge in [0.25, 0.3) is 5.91 Å². The Balaban J connectivity index is 1.63. The molecule has 0 unspecified atom stereocenters. The third-order valence-corrected chi connectivity index (χ3v) is 5.41. The fourth-order valence-electron chi connectivity index (χ4n) is 3.63. The van der Waals surface area contributed by atoms with Crippen LogP contribution in [0, 0.1) is 12.7 Å². The van der Waals surface area contributed by atoms with Gasteiger partial charge in [-0.3, -0.25) is 14.6 Å². The van der Waals surface area contributed by atoms with Crippen LogP contribution >= 0.6 is 0 Å². The van der Waals surface area contributed by atoms with E-state index in [-0.39, 0.29) is 24.5 Å². The van der Waals surface area contributed by atoms with E-state index in [0.717, 1.165) is 0 Å². The number of nitrogens with one attached hydrogen (secondary N) is 1. The predicted molar refractivity (Wildman–Crippen MR) is 126 cm³/mol. The highest BCUT2D eigenvalue weighted by Crippen LogP contribution is 2.34. The Labute approximate surface area is 204 Å². The monoisotopic (exact) mass is 489 g/mol. The van der Waals surface area contributed by atoms with Gasteiger partial charge in [-0.25, -0.2) is 9.38 Å². The minimum atomic E-state index is -0.506. The van der Waals surface area contributed by atoms with Gasteiger partial charge in [0.15, 0.2) is 17.1 Å². The number of aromatic nitrogens is 1. The normalized spacial score (nSPS) is 12.6. The number of rotatable bonds is 5. The van der Waals surface area contributed by atoms with E-state index in [4.69, 9.17) is 18.6 Å². The fourth-order valence-corrected chi connectivity index (χ4v) is 3.63. The van der Waals surface area contributed by atoms with Gasteiger partial charge in [0.2, 0.25) is 12.3 Å². The molecule has 2 aromatic heterocycles. The SMILES string of the molecule is CC(=O)OCc1cnc(C)c2oc(=Nc3ccc(F)cc3)c(C(=O)Nc3ccc4c(c3)OCO4)cc12. The Morgan fingerprint density at radius 1 is 1.11 bits per heavy atom. The number of halogens is 1. The van der Waals surface area contributed by atoms with Gasteiger partial charge >= 0.3 is 5.97 Å². The summed E-state index contributed by atoms with van der Waals surface area (Å²) in [6, 6.07) is 12.1. The van der Waals surface area contributed by atoms with E-state index in [1.165, 1.54) is 31.2 Å². The Bertz CT molecular complexity index is 1560. The highest BCUT2D eigenvalue weighted by atomic mass is 19.1. The molecule has 2 aromatic carbocycles. The maximum absolute atomic E-state index is 13.4. The van der Waals surface area contributed by atoms with Gasteiger partial charge in [-0.2, -0.15) is 0 Å². The fraction of sp³-hybridized carbons (Fsp3) is 0.154. The van der Waals surface area contributed by atoms with E-state index >= 15 is 0 Å². The lowest BCUT2D eigenvalue weighted by Gasteiger charge is -2.11. The number of pyridine rings is 1. The van der Waals surface area contributed by atoms with Crippen molar-refractivity contribution in [1.29, 1.82) is 0 Å². The topological polar surface area (TPSA) is 112 Å². The predicted octanol–water partition coefficient (Wildman–Crippen LogP) is 4.55. The van der Waals surface area contributed by atoms with Crippen LogP contribution < -0.4 is 20.3 Å². The number of hydrogen-bond acceptors (Lipinski definition) is 8. The quantitative estimate of drug-likeness (QED) is 0.409. The zero-order valence-electron chi connectivity index (χ0n) is 19.3. The minimum Gasteiger partial charge on any atom is -0.461 e. The van der Waals surface area contributed by atoms with Crippen LogP contribution in [0.1, 0.15) is 28.5 Å². The molecule has 1 aliphatic rings. The summed E-state index contributed by atoms with van der Waals surface area (Å²) in [6.07, 6.45) is 1.56. The first-order valence-electron chi connectivity index (χ1n) is 10.9. The van der Waals surface area contributed by atoms with E-state index in [1.54, 1.807) is 37.4 Å². The first-order valence-corrected chi connectivity index (χ1v) is 10.9. The third-order valence-electron chi connectivity index (χ3n) is 5.41. The molecule has 1 N–H and O–H groups in total. The van der Waals surface area contributed by atoms with Crippen molar-refractivity contribution in [3.63, 3.8) is 0 Å². The van der Waals surface area contributed by atoms with E-state index < -0.39 is 17.7 Å². The summed E-state index contributed by atoms with van der Waals surface area (Å²) >= 11 is 0. The molecule has 4 aromatic rings. The lowest BCUT2D eigenvalue weighted by atomic mass is 10.1. The number of amides is 1. The number of carbonyl (C=O) groups is 2. The zero-order chi connectivity index (χ0) is 25.2. The average molecular weight is 489 g/mol. The van der Waals surface area contributed by atoms with Crippen LogP contribution in [0.2, 0.25) is 0 Å². The van der Waals surface area contributed by atoms with Gasteiger partial charge in [-0.05, 0) is 49.4 Å². The molecule has 0 aliphatic carbocycles. The molecule has 1 aliphatic heterocycles. The Hall–Kier alpha value is -4.73. The molecule has 9 nitrogen and oxygen atoms in total. The van der Waals surface area contributed by atoms with Crippen LogP contribution in [0.4, 0.5) is 15.8 Å². The third kappa shape index (κ3) is 4.74. The number of esters is 1. The number of anilines is 1. The molecular formula is C26H20FN3O6. The summed E-state index contributed by atoms with van der Waals surface area (Å²) in [5, 5.41) is 3.36. The molecule has 0 saturated carbocycles. The highest BCUT2D eigenvalue weighted by molar-refractivity contribution is 6.05. The van der Waals surface area contributed by atoms with Gasteiger partial charge in [0.05, 0.1) is 11.4 Å². The van der Waals surface area contributed by atoms with Crippen molar-refractivity contribution >= 4 is 34.2 Å². The van der Waals surface area contributed by atoms with Crippen LogP contribution in [0.3, 0.4) is 0 Å². The molecule has 0 radical (unpaired) electrons. The molecule has 182 valence electrons. The van der Waals surface area contributed by atoms with Crippen LogP contribution in [-0.2, 0) is 16.1 Å². The second-order valence-corrected chi connectivity index (χ2v) is 7.97. The van der Waals surface area contributed by atoms with Crippen LogP contribution in [0.5, 0.6) is 11.5 Å². The number of nitrogens with zero attached hydrogens (tertiary/aromatic N) is 2.